The summed E-state index contributed by atoms with van der Waals surface area (Å²) in [6.45, 7) is 0. The van der Waals surface area contributed by atoms with Crippen molar-refractivity contribution in [3.8, 4) is 28.6 Å². The molecule has 0 aliphatic carbocycles. The first-order valence-corrected chi connectivity index (χ1v) is 6.69. The van der Waals surface area contributed by atoms with E-state index in [9.17, 15) is 15.4 Å². The number of nitrogen functional groups attached to an aromatic ring is 1. The number of nitrogens with zero attached hydrogens (tertiary/aromatic N) is 3. The Morgan fingerprint density at radius 1 is 1.26 bits per heavy atom. The lowest BCUT2D eigenvalue weighted by molar-refractivity contribution is -0.384. The lowest BCUT2D eigenvalue weighted by Gasteiger charge is -2.09. The predicted molar refractivity (Wildman–Crippen MR) is 85.2 cm³/mol. The third-order valence-electron chi connectivity index (χ3n) is 3.40. The first-order chi connectivity index (χ1) is 11.1. The summed E-state index contributed by atoms with van der Waals surface area (Å²) in [6.07, 6.45) is 1.74. The highest BCUT2D eigenvalue weighted by molar-refractivity contribution is 5.79. The highest BCUT2D eigenvalue weighted by Crippen LogP contribution is 2.31. The molecule has 0 fully saturated rings. The summed E-state index contributed by atoms with van der Waals surface area (Å²) < 4.78 is 0. The molecule has 0 radical (unpaired) electrons. The number of aromatic nitrogens is 2. The van der Waals surface area contributed by atoms with Crippen LogP contribution in [0.3, 0.4) is 0 Å². The van der Waals surface area contributed by atoms with Crippen molar-refractivity contribution in [2.45, 2.75) is 0 Å². The van der Waals surface area contributed by atoms with Gasteiger partial charge in [-0.2, -0.15) is 5.26 Å². The lowest BCUT2D eigenvalue weighted by atomic mass is 10.0. The van der Waals surface area contributed by atoms with E-state index in [-0.39, 0.29) is 17.1 Å². The zero-order chi connectivity index (χ0) is 16.4. The van der Waals surface area contributed by atoms with Gasteiger partial charge in [0.25, 0.3) is 5.69 Å². The van der Waals surface area contributed by atoms with Crippen LogP contribution in [-0.2, 0) is 0 Å². The van der Waals surface area contributed by atoms with E-state index in [0.29, 0.717) is 16.8 Å². The smallest absolute Gasteiger partial charge is 0.270 e. The average molecular weight is 305 g/mol. The van der Waals surface area contributed by atoms with Crippen molar-refractivity contribution in [2.75, 3.05) is 5.73 Å². The molecule has 0 aliphatic rings. The number of non-ortho nitro benzene ring substituents is 1. The number of pyridine rings is 1. The number of nitro groups is 1. The van der Waals surface area contributed by atoms with Gasteiger partial charge in [0.2, 0.25) is 0 Å². The lowest BCUT2D eigenvalue weighted by Crippen LogP contribution is -2.00. The van der Waals surface area contributed by atoms with Crippen LogP contribution < -0.4 is 5.73 Å². The molecular formula is C16H11N5O2. The summed E-state index contributed by atoms with van der Waals surface area (Å²) in [6, 6.07) is 13.5. The third-order valence-corrected chi connectivity index (χ3v) is 3.40. The van der Waals surface area contributed by atoms with Gasteiger partial charge in [-0.1, -0.05) is 12.1 Å². The van der Waals surface area contributed by atoms with Crippen LogP contribution in [0.2, 0.25) is 0 Å². The van der Waals surface area contributed by atoms with Gasteiger partial charge in [-0.05, 0) is 18.2 Å². The number of nitriles is 1. The van der Waals surface area contributed by atoms with Crippen molar-refractivity contribution < 1.29 is 4.92 Å². The molecule has 0 saturated heterocycles. The van der Waals surface area contributed by atoms with Crippen LogP contribution in [0.1, 0.15) is 5.56 Å². The Labute approximate surface area is 131 Å². The molecular weight excluding hydrogens is 294 g/mol. The summed E-state index contributed by atoms with van der Waals surface area (Å²) in [5.74, 6) is 0.0844. The molecule has 0 amide bonds. The Hall–Kier alpha value is -3.66. The second-order valence-electron chi connectivity index (χ2n) is 4.82. The molecule has 2 heterocycles. The molecule has 0 atom stereocenters. The summed E-state index contributed by atoms with van der Waals surface area (Å²) in [7, 11) is 0. The molecule has 0 bridgehead atoms. The van der Waals surface area contributed by atoms with E-state index < -0.39 is 4.92 Å². The first-order valence-electron chi connectivity index (χ1n) is 6.69. The van der Waals surface area contributed by atoms with Crippen molar-refractivity contribution in [1.82, 2.24) is 9.97 Å². The number of hydrogen-bond donors (Lipinski definition) is 2. The fraction of sp³-hybridized carbons (Fsp3) is 0. The Morgan fingerprint density at radius 2 is 2.09 bits per heavy atom. The van der Waals surface area contributed by atoms with E-state index >= 15 is 0 Å². The molecule has 0 spiro atoms. The maximum atomic E-state index is 10.9. The van der Waals surface area contributed by atoms with Crippen LogP contribution in [0, 0.1) is 21.4 Å². The summed E-state index contributed by atoms with van der Waals surface area (Å²) in [5.41, 5.74) is 8.48. The minimum Gasteiger partial charge on any atom is -0.383 e. The molecule has 7 nitrogen and oxygen atoms in total. The minimum absolute atomic E-state index is 0.0337. The largest absolute Gasteiger partial charge is 0.383 e. The minimum atomic E-state index is -0.470. The zero-order valence-corrected chi connectivity index (χ0v) is 11.9. The first kappa shape index (κ1) is 14.3. The van der Waals surface area contributed by atoms with E-state index in [0.717, 1.165) is 5.69 Å². The average Bonchev–Trinajstić information content (AvgIpc) is 3.08. The normalized spacial score (nSPS) is 10.2. The van der Waals surface area contributed by atoms with Gasteiger partial charge in [-0.25, -0.2) is 4.98 Å². The molecule has 3 N–H and O–H groups in total. The molecule has 23 heavy (non-hydrogen) atoms. The Bertz CT molecular complexity index is 926. The van der Waals surface area contributed by atoms with Gasteiger partial charge in [0, 0.05) is 35.2 Å². The van der Waals surface area contributed by atoms with Crippen molar-refractivity contribution in [2.24, 2.45) is 0 Å². The van der Waals surface area contributed by atoms with Crippen molar-refractivity contribution in [3.63, 3.8) is 0 Å². The van der Waals surface area contributed by atoms with Crippen LogP contribution in [0.5, 0.6) is 0 Å². The van der Waals surface area contributed by atoms with E-state index in [4.69, 9.17) is 5.73 Å². The van der Waals surface area contributed by atoms with Crippen LogP contribution in [0.25, 0.3) is 22.5 Å². The zero-order valence-electron chi connectivity index (χ0n) is 11.9. The van der Waals surface area contributed by atoms with Crippen molar-refractivity contribution in [3.05, 3.63) is 64.3 Å². The maximum Gasteiger partial charge on any atom is 0.270 e. The van der Waals surface area contributed by atoms with E-state index in [1.165, 1.54) is 12.1 Å². The van der Waals surface area contributed by atoms with Crippen molar-refractivity contribution in [1.29, 1.82) is 5.26 Å². The van der Waals surface area contributed by atoms with Crippen LogP contribution >= 0.6 is 0 Å². The van der Waals surface area contributed by atoms with Gasteiger partial charge in [0.05, 0.1) is 10.6 Å². The molecule has 0 aliphatic heterocycles. The monoisotopic (exact) mass is 305 g/mol. The number of nitrogens with one attached hydrogen (secondary N) is 1. The molecule has 1 aromatic carbocycles. The number of benzene rings is 1. The van der Waals surface area contributed by atoms with Gasteiger partial charge < -0.3 is 10.7 Å². The standard InChI is InChI=1S/C16H11N5O2/c17-9-13-12(14-5-2-6-19-14)8-15(20-16(13)18)10-3-1-4-11(7-10)21(22)23/h1-8,19H,(H2,18,20). The highest BCUT2D eigenvalue weighted by atomic mass is 16.6. The van der Waals surface area contributed by atoms with E-state index in [1.54, 1.807) is 30.5 Å². The molecule has 3 rings (SSSR count). The number of hydrogen-bond acceptors (Lipinski definition) is 5. The number of rotatable bonds is 3. The Kier molecular flexibility index (Phi) is 3.49. The summed E-state index contributed by atoms with van der Waals surface area (Å²) in [4.78, 5) is 17.7. The quantitative estimate of drug-likeness (QED) is 0.568. The van der Waals surface area contributed by atoms with E-state index in [1.807, 2.05) is 12.1 Å². The Morgan fingerprint density at radius 3 is 2.74 bits per heavy atom. The molecule has 3 aromatic rings. The number of anilines is 1. The second-order valence-corrected chi connectivity index (χ2v) is 4.82. The van der Waals surface area contributed by atoms with E-state index in [2.05, 4.69) is 9.97 Å². The second kappa shape index (κ2) is 5.61. The Balaban J connectivity index is 2.20. The van der Waals surface area contributed by atoms with Gasteiger partial charge in [0.15, 0.2) is 0 Å². The highest BCUT2D eigenvalue weighted by Gasteiger charge is 2.15. The molecule has 2 aromatic heterocycles. The molecule has 0 saturated carbocycles. The number of H-pyrrole nitrogens is 1. The number of aromatic amines is 1. The van der Waals surface area contributed by atoms with Crippen LogP contribution in [0.4, 0.5) is 11.5 Å². The van der Waals surface area contributed by atoms with Gasteiger partial charge in [-0.3, -0.25) is 10.1 Å². The van der Waals surface area contributed by atoms with Crippen molar-refractivity contribution >= 4 is 11.5 Å². The van der Waals surface area contributed by atoms with Crippen LogP contribution in [0.15, 0.2) is 48.7 Å². The van der Waals surface area contributed by atoms with Gasteiger partial charge in [-0.15, -0.1) is 0 Å². The number of nitro benzene ring substituents is 1. The SMILES string of the molecule is N#Cc1c(-c2ccc[nH]2)cc(-c2cccc([N+](=O)[O-])c2)nc1N. The molecule has 0 unspecified atom stereocenters. The summed E-state index contributed by atoms with van der Waals surface area (Å²) >= 11 is 0. The fourth-order valence-electron chi connectivity index (χ4n) is 2.32. The third kappa shape index (κ3) is 2.61. The van der Waals surface area contributed by atoms with Gasteiger partial charge >= 0.3 is 0 Å². The van der Waals surface area contributed by atoms with Gasteiger partial charge in [0.1, 0.15) is 17.5 Å². The predicted octanol–water partition coefficient (Wildman–Crippen LogP) is 3.11. The molecule has 7 heteroatoms. The fourth-order valence-corrected chi connectivity index (χ4v) is 2.32. The molecule has 112 valence electrons. The number of nitrogens with two attached hydrogens (primary N) is 1. The van der Waals surface area contributed by atoms with Crippen LogP contribution in [-0.4, -0.2) is 14.9 Å². The topological polar surface area (TPSA) is 122 Å². The summed E-state index contributed by atoms with van der Waals surface area (Å²) in [5, 5.41) is 20.2. The maximum absolute atomic E-state index is 10.9.